The van der Waals surface area contributed by atoms with Gasteiger partial charge in [-0.15, -0.1) is 0 Å². The number of amides is 1. The maximum absolute atomic E-state index is 12.2. The molecule has 1 aromatic heterocycles. The zero-order chi connectivity index (χ0) is 16.6. The normalized spacial score (nSPS) is 12.6. The predicted molar refractivity (Wildman–Crippen MR) is 75.4 cm³/mol. The molecule has 0 radical (unpaired) electrons. The van der Waals surface area contributed by atoms with Crippen molar-refractivity contribution in [2.24, 2.45) is 5.73 Å². The van der Waals surface area contributed by atoms with Gasteiger partial charge in [0.25, 0.3) is 0 Å². The molecular formula is C12H19N3O5S. The van der Waals surface area contributed by atoms with Crippen LogP contribution >= 0.6 is 0 Å². The van der Waals surface area contributed by atoms with Crippen LogP contribution in [0.4, 0.5) is 0 Å². The van der Waals surface area contributed by atoms with E-state index in [0.717, 1.165) is 6.07 Å². The molecule has 0 aliphatic carbocycles. The van der Waals surface area contributed by atoms with E-state index < -0.39 is 27.4 Å². The third-order valence-corrected chi connectivity index (χ3v) is 4.54. The average Bonchev–Trinajstić information content (AvgIpc) is 2.72. The van der Waals surface area contributed by atoms with Gasteiger partial charge in [0.1, 0.15) is 16.1 Å². The molecule has 0 saturated carbocycles. The van der Waals surface area contributed by atoms with E-state index in [-0.39, 0.29) is 16.6 Å². The van der Waals surface area contributed by atoms with Crippen molar-refractivity contribution in [1.29, 1.82) is 0 Å². The van der Waals surface area contributed by atoms with Crippen molar-refractivity contribution in [3.05, 3.63) is 18.0 Å². The van der Waals surface area contributed by atoms with E-state index in [1.807, 2.05) is 0 Å². The van der Waals surface area contributed by atoms with Gasteiger partial charge in [-0.3, -0.25) is 4.79 Å². The molecule has 4 N–H and O–H groups in total. The number of rotatable bonds is 6. The Balaban J connectivity index is 3.31. The van der Waals surface area contributed by atoms with E-state index in [1.165, 1.54) is 24.6 Å². The minimum absolute atomic E-state index is 0.151. The number of hydrogen-bond acceptors (Lipinski definition) is 4. The number of nitrogens with one attached hydrogen (secondary N) is 1. The summed E-state index contributed by atoms with van der Waals surface area (Å²) in [5.74, 6) is -2.08. The molecule has 1 amide bonds. The lowest BCUT2D eigenvalue weighted by atomic mass is 10.1. The topological polar surface area (TPSA) is 131 Å². The summed E-state index contributed by atoms with van der Waals surface area (Å²) in [5, 5.41) is 9.10. The van der Waals surface area contributed by atoms with Crippen LogP contribution in [0.25, 0.3) is 0 Å². The minimum atomic E-state index is -4.07. The summed E-state index contributed by atoms with van der Waals surface area (Å²) in [6.45, 7) is 6.10. The van der Waals surface area contributed by atoms with E-state index in [1.54, 1.807) is 13.8 Å². The summed E-state index contributed by atoms with van der Waals surface area (Å²) in [7, 11) is -4.07. The zero-order valence-electron chi connectivity index (χ0n) is 12.2. The smallest absolute Gasteiger partial charge is 0.352 e. The van der Waals surface area contributed by atoms with Gasteiger partial charge in [0.2, 0.25) is 15.9 Å². The molecule has 9 heteroatoms. The van der Waals surface area contributed by atoms with Gasteiger partial charge in [-0.2, -0.15) is 4.72 Å². The number of aromatic nitrogens is 1. The molecule has 0 unspecified atom stereocenters. The number of carboxylic acids is 1. The SMILES string of the molecule is CC(C)n1cc(S(=O)(=O)NC(C)(C)C(N)=O)cc1C(=O)O. The lowest BCUT2D eigenvalue weighted by molar-refractivity contribution is -0.122. The molecule has 1 heterocycles. The number of aromatic carboxylic acids is 1. The number of nitrogens with zero attached hydrogens (tertiary/aromatic N) is 1. The summed E-state index contributed by atoms with van der Waals surface area (Å²) in [6.07, 6.45) is 1.22. The quantitative estimate of drug-likeness (QED) is 0.694. The maximum atomic E-state index is 12.2. The van der Waals surface area contributed by atoms with Crippen LogP contribution in [0.2, 0.25) is 0 Å². The molecule has 0 saturated heterocycles. The summed E-state index contributed by atoms with van der Waals surface area (Å²) in [4.78, 5) is 22.1. The van der Waals surface area contributed by atoms with Crippen LogP contribution in [0.5, 0.6) is 0 Å². The maximum Gasteiger partial charge on any atom is 0.352 e. The molecular weight excluding hydrogens is 298 g/mol. The van der Waals surface area contributed by atoms with Gasteiger partial charge in [0.15, 0.2) is 0 Å². The first-order valence-corrected chi connectivity index (χ1v) is 7.66. The Morgan fingerprint density at radius 3 is 2.24 bits per heavy atom. The van der Waals surface area contributed by atoms with Gasteiger partial charge in [0, 0.05) is 12.2 Å². The first-order chi connectivity index (χ1) is 9.38. The van der Waals surface area contributed by atoms with E-state index in [2.05, 4.69) is 4.72 Å². The number of carbonyl (C=O) groups excluding carboxylic acids is 1. The molecule has 1 aromatic rings. The van der Waals surface area contributed by atoms with Gasteiger partial charge in [0.05, 0.1) is 0 Å². The molecule has 8 nitrogen and oxygen atoms in total. The molecule has 0 fully saturated rings. The lowest BCUT2D eigenvalue weighted by Gasteiger charge is -2.21. The summed E-state index contributed by atoms with van der Waals surface area (Å²) in [6, 6.07) is 0.811. The molecule has 0 atom stereocenters. The van der Waals surface area contributed by atoms with Crippen LogP contribution in [0.1, 0.15) is 44.2 Å². The van der Waals surface area contributed by atoms with Crippen LogP contribution in [-0.2, 0) is 14.8 Å². The minimum Gasteiger partial charge on any atom is -0.477 e. The molecule has 118 valence electrons. The van der Waals surface area contributed by atoms with Gasteiger partial charge >= 0.3 is 5.97 Å². The highest BCUT2D eigenvalue weighted by Crippen LogP contribution is 2.20. The standard InChI is InChI=1S/C12H19N3O5S/c1-7(2)15-6-8(5-9(15)10(16)17)21(19,20)14-12(3,4)11(13)18/h5-7,14H,1-4H3,(H2,13,18)(H,16,17). The second kappa shape index (κ2) is 5.49. The monoisotopic (exact) mass is 317 g/mol. The van der Waals surface area contributed by atoms with Crippen molar-refractivity contribution >= 4 is 21.9 Å². The Hall–Kier alpha value is -1.87. The van der Waals surface area contributed by atoms with E-state index in [4.69, 9.17) is 10.8 Å². The summed E-state index contributed by atoms with van der Waals surface area (Å²) >= 11 is 0. The van der Waals surface area contributed by atoms with Crippen LogP contribution in [0.3, 0.4) is 0 Å². The number of carbonyl (C=O) groups is 2. The first kappa shape index (κ1) is 17.2. The second-order valence-corrected chi connectivity index (χ2v) is 7.14. The Bertz CT molecular complexity index is 673. The highest BCUT2D eigenvalue weighted by molar-refractivity contribution is 7.89. The van der Waals surface area contributed by atoms with Crippen LogP contribution in [-0.4, -0.2) is 35.5 Å². The van der Waals surface area contributed by atoms with E-state index in [9.17, 15) is 18.0 Å². The molecule has 21 heavy (non-hydrogen) atoms. The number of sulfonamides is 1. The highest BCUT2D eigenvalue weighted by Gasteiger charge is 2.32. The fraction of sp³-hybridized carbons (Fsp3) is 0.500. The van der Waals surface area contributed by atoms with Crippen molar-refractivity contribution in [1.82, 2.24) is 9.29 Å². The molecule has 0 aliphatic rings. The van der Waals surface area contributed by atoms with Crippen LogP contribution in [0, 0.1) is 0 Å². The van der Waals surface area contributed by atoms with Crippen molar-refractivity contribution in [2.45, 2.75) is 44.2 Å². The van der Waals surface area contributed by atoms with Gasteiger partial charge < -0.3 is 15.4 Å². The fourth-order valence-corrected chi connectivity index (χ4v) is 3.05. The molecule has 0 bridgehead atoms. The largest absolute Gasteiger partial charge is 0.477 e. The van der Waals surface area contributed by atoms with Crippen molar-refractivity contribution < 1.29 is 23.1 Å². The van der Waals surface area contributed by atoms with Gasteiger partial charge in [-0.1, -0.05) is 0 Å². The summed E-state index contributed by atoms with van der Waals surface area (Å²) < 4.78 is 28.0. The molecule has 0 spiro atoms. The van der Waals surface area contributed by atoms with Crippen LogP contribution in [0.15, 0.2) is 17.2 Å². The molecule has 1 rings (SSSR count). The predicted octanol–water partition coefficient (Wildman–Crippen LogP) is 0.309. The Labute approximate surface area is 123 Å². The van der Waals surface area contributed by atoms with Crippen molar-refractivity contribution in [3.63, 3.8) is 0 Å². The van der Waals surface area contributed by atoms with Crippen molar-refractivity contribution in [2.75, 3.05) is 0 Å². The zero-order valence-corrected chi connectivity index (χ0v) is 13.1. The molecule has 0 aromatic carbocycles. The Kier molecular flexibility index (Phi) is 4.49. The van der Waals surface area contributed by atoms with E-state index >= 15 is 0 Å². The number of hydrogen-bond donors (Lipinski definition) is 3. The Morgan fingerprint density at radius 2 is 1.90 bits per heavy atom. The van der Waals surface area contributed by atoms with Gasteiger partial charge in [-0.25, -0.2) is 13.2 Å². The molecule has 0 aliphatic heterocycles. The number of nitrogens with two attached hydrogens (primary N) is 1. The number of primary amides is 1. The van der Waals surface area contributed by atoms with Crippen LogP contribution < -0.4 is 10.5 Å². The van der Waals surface area contributed by atoms with E-state index in [0.29, 0.717) is 0 Å². The average molecular weight is 317 g/mol. The first-order valence-electron chi connectivity index (χ1n) is 6.17. The third kappa shape index (κ3) is 3.61. The number of carboxylic acid groups (broad SMARTS) is 1. The van der Waals surface area contributed by atoms with Gasteiger partial charge in [-0.05, 0) is 33.8 Å². The Morgan fingerprint density at radius 1 is 1.38 bits per heavy atom. The fourth-order valence-electron chi connectivity index (χ4n) is 1.64. The highest BCUT2D eigenvalue weighted by atomic mass is 32.2. The van der Waals surface area contributed by atoms with Crippen molar-refractivity contribution in [3.8, 4) is 0 Å². The summed E-state index contributed by atoms with van der Waals surface area (Å²) in [5.41, 5.74) is 3.49. The third-order valence-electron chi connectivity index (χ3n) is 2.91. The second-order valence-electron chi connectivity index (χ2n) is 5.46. The lowest BCUT2D eigenvalue weighted by Crippen LogP contribution is -2.52.